The molecule has 0 bridgehead atoms. The van der Waals surface area contributed by atoms with Gasteiger partial charge in [-0.2, -0.15) is 13.2 Å². The van der Waals surface area contributed by atoms with Crippen LogP contribution in [0.1, 0.15) is 43.2 Å². The molecule has 1 saturated carbocycles. The van der Waals surface area contributed by atoms with E-state index < -0.39 is 17.7 Å². The van der Waals surface area contributed by atoms with Gasteiger partial charge in [0.05, 0.1) is 11.5 Å². The summed E-state index contributed by atoms with van der Waals surface area (Å²) in [7, 11) is 0. The van der Waals surface area contributed by atoms with Gasteiger partial charge in [0, 0.05) is 19.6 Å². The molecule has 3 rings (SSSR count). The summed E-state index contributed by atoms with van der Waals surface area (Å²) in [4.78, 5) is 13.8. The first kappa shape index (κ1) is 20.0. The van der Waals surface area contributed by atoms with Crippen molar-refractivity contribution < 1.29 is 23.1 Å². The highest BCUT2D eigenvalue weighted by Crippen LogP contribution is 2.48. The van der Waals surface area contributed by atoms with E-state index in [1.807, 2.05) is 0 Å². The second-order valence-electron chi connectivity index (χ2n) is 7.18. The van der Waals surface area contributed by atoms with Crippen LogP contribution in [0.25, 0.3) is 0 Å². The third-order valence-corrected chi connectivity index (χ3v) is 5.55. The number of aliphatic carboxylic acids is 1. The normalized spacial score (nSPS) is 23.4. The molecule has 3 nitrogen and oxygen atoms in total. The summed E-state index contributed by atoms with van der Waals surface area (Å²) in [6.45, 7) is 1.71. The van der Waals surface area contributed by atoms with Crippen molar-refractivity contribution in [1.82, 2.24) is 4.90 Å². The maximum absolute atomic E-state index is 12.6. The summed E-state index contributed by atoms with van der Waals surface area (Å²) < 4.78 is 37.9. The molecule has 140 valence electrons. The Morgan fingerprint density at radius 1 is 1.16 bits per heavy atom. The monoisotopic (exact) mass is 377 g/mol. The number of rotatable bonds is 3. The third kappa shape index (κ3) is 4.29. The number of hydrogen-bond donors (Lipinski definition) is 1. The summed E-state index contributed by atoms with van der Waals surface area (Å²) in [5.74, 6) is -1.11. The Kier molecular flexibility index (Phi) is 6.05. The fourth-order valence-corrected chi connectivity index (χ4v) is 4.35. The van der Waals surface area contributed by atoms with Gasteiger partial charge in [0.15, 0.2) is 0 Å². The molecule has 0 amide bonds. The van der Waals surface area contributed by atoms with Crippen LogP contribution in [0, 0.1) is 11.3 Å². The van der Waals surface area contributed by atoms with Gasteiger partial charge in [-0.1, -0.05) is 31.4 Å². The van der Waals surface area contributed by atoms with E-state index in [-0.39, 0.29) is 23.7 Å². The van der Waals surface area contributed by atoms with Crippen molar-refractivity contribution in [3.05, 3.63) is 35.4 Å². The van der Waals surface area contributed by atoms with E-state index in [2.05, 4.69) is 4.90 Å². The van der Waals surface area contributed by atoms with Gasteiger partial charge in [0.25, 0.3) is 0 Å². The van der Waals surface area contributed by atoms with Crippen LogP contribution < -0.4 is 0 Å². The highest BCUT2D eigenvalue weighted by Gasteiger charge is 2.50. The van der Waals surface area contributed by atoms with Crippen molar-refractivity contribution in [2.75, 3.05) is 13.1 Å². The van der Waals surface area contributed by atoms with Crippen LogP contribution in [0.15, 0.2) is 24.3 Å². The Labute approximate surface area is 151 Å². The number of likely N-dealkylation sites (tertiary alicyclic amines) is 1. The molecule has 1 atom stereocenters. The van der Waals surface area contributed by atoms with Crippen molar-refractivity contribution in [2.24, 2.45) is 11.3 Å². The summed E-state index contributed by atoms with van der Waals surface area (Å²) in [5.41, 5.74) is -0.0180. The lowest BCUT2D eigenvalue weighted by atomic mass is 9.68. The first-order chi connectivity index (χ1) is 11.3. The molecular weight excluding hydrogens is 355 g/mol. The Bertz CT molecular complexity index is 597. The van der Waals surface area contributed by atoms with Crippen LogP contribution >= 0.6 is 12.4 Å². The van der Waals surface area contributed by atoms with E-state index in [1.165, 1.54) is 12.1 Å². The van der Waals surface area contributed by atoms with Crippen LogP contribution in [0.5, 0.6) is 0 Å². The fraction of sp³-hybridized carbons (Fsp3) is 0.611. The molecule has 0 radical (unpaired) electrons. The molecule has 1 aromatic rings. The van der Waals surface area contributed by atoms with Crippen molar-refractivity contribution in [3.63, 3.8) is 0 Å². The van der Waals surface area contributed by atoms with Crippen LogP contribution in [0.4, 0.5) is 13.2 Å². The zero-order valence-electron chi connectivity index (χ0n) is 13.9. The summed E-state index contributed by atoms with van der Waals surface area (Å²) in [5, 5.41) is 9.59. The van der Waals surface area contributed by atoms with Crippen molar-refractivity contribution >= 4 is 18.4 Å². The highest BCUT2D eigenvalue weighted by molar-refractivity contribution is 5.85. The quantitative estimate of drug-likeness (QED) is 0.837. The van der Waals surface area contributed by atoms with Gasteiger partial charge in [0.2, 0.25) is 0 Å². The molecule has 2 fully saturated rings. The fourth-order valence-electron chi connectivity index (χ4n) is 4.35. The second kappa shape index (κ2) is 7.54. The number of benzene rings is 1. The zero-order valence-corrected chi connectivity index (χ0v) is 14.7. The lowest BCUT2D eigenvalue weighted by Gasteiger charge is -2.36. The van der Waals surface area contributed by atoms with Gasteiger partial charge in [-0.15, -0.1) is 12.4 Å². The molecule has 1 spiro atoms. The van der Waals surface area contributed by atoms with E-state index >= 15 is 0 Å². The number of nitrogens with zero attached hydrogens (tertiary/aromatic N) is 1. The largest absolute Gasteiger partial charge is 0.481 e. The number of carboxylic acids is 1. The van der Waals surface area contributed by atoms with Gasteiger partial charge in [0.1, 0.15) is 0 Å². The minimum atomic E-state index is -4.33. The van der Waals surface area contributed by atoms with Gasteiger partial charge < -0.3 is 5.11 Å². The van der Waals surface area contributed by atoms with Crippen molar-refractivity contribution in [3.8, 4) is 0 Å². The molecule has 2 aliphatic rings. The lowest BCUT2D eigenvalue weighted by Crippen LogP contribution is -2.36. The average Bonchev–Trinajstić information content (AvgIpc) is 2.85. The maximum Gasteiger partial charge on any atom is 0.416 e. The minimum absolute atomic E-state index is 0. The van der Waals surface area contributed by atoms with Crippen molar-refractivity contribution in [1.29, 1.82) is 0 Å². The summed E-state index contributed by atoms with van der Waals surface area (Å²) >= 11 is 0. The van der Waals surface area contributed by atoms with Crippen LogP contribution in [-0.4, -0.2) is 29.1 Å². The van der Waals surface area contributed by atoms with Gasteiger partial charge in [-0.05, 0) is 36.0 Å². The van der Waals surface area contributed by atoms with Crippen LogP contribution in [0.3, 0.4) is 0 Å². The smallest absolute Gasteiger partial charge is 0.416 e. The van der Waals surface area contributed by atoms with E-state index in [1.54, 1.807) is 0 Å². The molecule has 1 unspecified atom stereocenters. The Balaban J connectivity index is 0.00000225. The number of hydrogen-bond acceptors (Lipinski definition) is 2. The molecule has 1 heterocycles. The summed E-state index contributed by atoms with van der Waals surface area (Å²) in [6.07, 6.45) is 0.844. The van der Waals surface area contributed by atoms with Crippen molar-refractivity contribution in [2.45, 2.75) is 44.8 Å². The van der Waals surface area contributed by atoms with Crippen LogP contribution in [-0.2, 0) is 17.5 Å². The third-order valence-electron chi connectivity index (χ3n) is 5.55. The predicted molar refractivity (Wildman–Crippen MR) is 90.6 cm³/mol. The minimum Gasteiger partial charge on any atom is -0.481 e. The van der Waals surface area contributed by atoms with Crippen LogP contribution in [0.2, 0.25) is 0 Å². The highest BCUT2D eigenvalue weighted by atomic mass is 35.5. The molecule has 0 aromatic heterocycles. The molecular formula is C18H23ClF3NO2. The second-order valence-corrected chi connectivity index (χ2v) is 7.18. The molecule has 1 aliphatic heterocycles. The number of halogens is 4. The van der Waals surface area contributed by atoms with E-state index in [0.717, 1.165) is 56.3 Å². The molecule has 1 aliphatic carbocycles. The Hall–Kier alpha value is -1.27. The van der Waals surface area contributed by atoms with E-state index in [9.17, 15) is 23.1 Å². The predicted octanol–water partition coefficient (Wildman–Crippen LogP) is 4.59. The number of alkyl halides is 3. The molecule has 25 heavy (non-hydrogen) atoms. The standard InChI is InChI=1S/C18H22F3NO2.ClH/c19-18(20,21)14-6-4-13(5-7-14)10-22-11-15(16(23)24)17(12-22)8-2-1-3-9-17;/h4-7,15H,1-3,8-12H2,(H,23,24);1H. The van der Waals surface area contributed by atoms with E-state index in [0.29, 0.717) is 13.1 Å². The Morgan fingerprint density at radius 3 is 2.28 bits per heavy atom. The Morgan fingerprint density at radius 2 is 1.76 bits per heavy atom. The molecule has 1 saturated heterocycles. The topological polar surface area (TPSA) is 40.5 Å². The van der Waals surface area contributed by atoms with Gasteiger partial charge in [-0.25, -0.2) is 0 Å². The molecule has 1 N–H and O–H groups in total. The molecule has 1 aromatic carbocycles. The maximum atomic E-state index is 12.6. The van der Waals surface area contributed by atoms with Gasteiger partial charge >= 0.3 is 12.1 Å². The van der Waals surface area contributed by atoms with Gasteiger partial charge in [-0.3, -0.25) is 9.69 Å². The van der Waals surface area contributed by atoms with E-state index in [4.69, 9.17) is 0 Å². The number of carbonyl (C=O) groups is 1. The molecule has 7 heteroatoms. The zero-order chi connectivity index (χ0) is 17.4. The summed E-state index contributed by atoms with van der Waals surface area (Å²) in [6, 6.07) is 5.17. The first-order valence-corrected chi connectivity index (χ1v) is 8.41. The number of carboxylic acid groups (broad SMARTS) is 1. The average molecular weight is 378 g/mol. The lowest BCUT2D eigenvalue weighted by molar-refractivity contribution is -0.145. The SMILES string of the molecule is Cl.O=C(O)C1CN(Cc2ccc(C(F)(F)F)cc2)CC12CCCCC2. The first-order valence-electron chi connectivity index (χ1n) is 8.41.